The number of sulfonamides is 1. The van der Waals surface area contributed by atoms with E-state index in [4.69, 9.17) is 0 Å². The lowest BCUT2D eigenvalue weighted by Gasteiger charge is -2.51. The summed E-state index contributed by atoms with van der Waals surface area (Å²) in [6, 6.07) is 6.55. The Kier molecular flexibility index (Phi) is 5.69. The van der Waals surface area contributed by atoms with E-state index in [-0.39, 0.29) is 11.4 Å². The van der Waals surface area contributed by atoms with E-state index in [1.165, 1.54) is 6.42 Å². The second-order valence-electron chi connectivity index (χ2n) is 7.53. The van der Waals surface area contributed by atoms with Gasteiger partial charge in [-0.2, -0.15) is 4.31 Å². The van der Waals surface area contributed by atoms with Gasteiger partial charge in [-0.15, -0.1) is 0 Å². The van der Waals surface area contributed by atoms with Gasteiger partial charge in [0.1, 0.15) is 0 Å². The van der Waals surface area contributed by atoms with E-state index < -0.39 is 10.0 Å². The van der Waals surface area contributed by atoms with Crippen LogP contribution in [0.4, 0.5) is 5.69 Å². The fraction of sp³-hybridized carbons (Fsp3) is 0.632. The van der Waals surface area contributed by atoms with E-state index in [0.29, 0.717) is 23.5 Å². The molecule has 1 aromatic rings. The van der Waals surface area contributed by atoms with Gasteiger partial charge in [0, 0.05) is 37.3 Å². The SMILES string of the molecule is CCC(=O)Nc1ccc(S(=O)(=O)N2CCN(C)CC23CCCCC3)cc1. The zero-order valence-electron chi connectivity index (χ0n) is 15.7. The molecular weight excluding hydrogens is 350 g/mol. The van der Waals surface area contributed by atoms with Crippen molar-refractivity contribution in [3.63, 3.8) is 0 Å². The minimum Gasteiger partial charge on any atom is -0.326 e. The summed E-state index contributed by atoms with van der Waals surface area (Å²) < 4.78 is 28.5. The molecule has 3 rings (SSSR count). The van der Waals surface area contributed by atoms with Gasteiger partial charge in [0.2, 0.25) is 15.9 Å². The highest BCUT2D eigenvalue weighted by Gasteiger charge is 2.47. The molecule has 1 aliphatic carbocycles. The number of likely N-dealkylation sites (N-methyl/N-ethyl adjacent to an activating group) is 1. The Hall–Kier alpha value is -1.44. The number of amides is 1. The first-order valence-corrected chi connectivity index (χ1v) is 10.9. The molecule has 144 valence electrons. The summed E-state index contributed by atoms with van der Waals surface area (Å²) in [5.41, 5.74) is 0.348. The van der Waals surface area contributed by atoms with E-state index in [0.717, 1.165) is 38.8 Å². The molecule has 1 heterocycles. The lowest BCUT2D eigenvalue weighted by Crippen LogP contribution is -2.63. The standard InChI is InChI=1S/C19H29N3O3S/c1-3-18(23)20-16-7-9-17(10-8-16)26(24,25)22-14-13-21(2)15-19(22)11-5-4-6-12-19/h7-10H,3-6,11-15H2,1-2H3,(H,20,23). The summed E-state index contributed by atoms with van der Waals surface area (Å²) >= 11 is 0. The van der Waals surface area contributed by atoms with Crippen molar-refractivity contribution in [2.45, 2.75) is 55.9 Å². The Bertz CT molecular complexity index is 740. The predicted molar refractivity (Wildman–Crippen MR) is 103 cm³/mol. The van der Waals surface area contributed by atoms with Crippen LogP contribution in [0.2, 0.25) is 0 Å². The highest BCUT2D eigenvalue weighted by molar-refractivity contribution is 7.89. The normalized spacial score (nSPS) is 21.6. The monoisotopic (exact) mass is 379 g/mol. The quantitative estimate of drug-likeness (QED) is 0.873. The van der Waals surface area contributed by atoms with Gasteiger partial charge in [-0.3, -0.25) is 4.79 Å². The van der Waals surface area contributed by atoms with Gasteiger partial charge in [0.05, 0.1) is 4.90 Å². The molecule has 6 nitrogen and oxygen atoms in total. The number of hydrogen-bond donors (Lipinski definition) is 1. The molecule has 0 bridgehead atoms. The maximum absolute atomic E-state index is 13.4. The fourth-order valence-corrected chi connectivity index (χ4v) is 6.05. The molecule has 26 heavy (non-hydrogen) atoms. The Labute approximate surface area is 156 Å². The van der Waals surface area contributed by atoms with Gasteiger partial charge in [-0.25, -0.2) is 8.42 Å². The Morgan fingerprint density at radius 3 is 2.38 bits per heavy atom. The zero-order valence-corrected chi connectivity index (χ0v) is 16.5. The average molecular weight is 380 g/mol. The van der Waals surface area contributed by atoms with Crippen LogP contribution in [0.5, 0.6) is 0 Å². The van der Waals surface area contributed by atoms with E-state index >= 15 is 0 Å². The first kappa shape index (κ1) is 19.3. The second kappa shape index (κ2) is 7.66. The second-order valence-corrected chi connectivity index (χ2v) is 9.39. The molecule has 1 amide bonds. The lowest BCUT2D eigenvalue weighted by atomic mass is 9.80. The summed E-state index contributed by atoms with van der Waals surface area (Å²) in [5, 5.41) is 2.76. The minimum absolute atomic E-state index is 0.0826. The van der Waals surface area contributed by atoms with Crippen LogP contribution in [0.1, 0.15) is 45.4 Å². The number of carbonyl (C=O) groups is 1. The van der Waals surface area contributed by atoms with Gasteiger partial charge in [0.15, 0.2) is 0 Å². The van der Waals surface area contributed by atoms with Crippen molar-refractivity contribution in [2.24, 2.45) is 0 Å². The topological polar surface area (TPSA) is 69.7 Å². The van der Waals surface area contributed by atoms with E-state index in [1.807, 2.05) is 0 Å². The van der Waals surface area contributed by atoms with Gasteiger partial charge in [0.25, 0.3) is 0 Å². The number of benzene rings is 1. The Morgan fingerprint density at radius 2 is 1.77 bits per heavy atom. The third-order valence-corrected chi connectivity index (χ3v) is 7.63. The van der Waals surface area contributed by atoms with Crippen LogP contribution in [0.3, 0.4) is 0 Å². The van der Waals surface area contributed by atoms with Crippen LogP contribution in [-0.4, -0.2) is 55.8 Å². The molecule has 1 N–H and O–H groups in total. The fourth-order valence-electron chi connectivity index (χ4n) is 4.24. The van der Waals surface area contributed by atoms with Gasteiger partial charge >= 0.3 is 0 Å². The number of nitrogens with one attached hydrogen (secondary N) is 1. The molecule has 1 saturated heterocycles. The Morgan fingerprint density at radius 1 is 1.12 bits per heavy atom. The van der Waals surface area contributed by atoms with Crippen molar-refractivity contribution < 1.29 is 13.2 Å². The minimum atomic E-state index is -3.55. The summed E-state index contributed by atoms with van der Waals surface area (Å²) in [6.07, 6.45) is 5.61. The molecule has 1 spiro atoms. The molecule has 0 radical (unpaired) electrons. The van der Waals surface area contributed by atoms with Crippen molar-refractivity contribution in [2.75, 3.05) is 32.0 Å². The number of nitrogens with zero attached hydrogens (tertiary/aromatic N) is 2. The van der Waals surface area contributed by atoms with Crippen molar-refractivity contribution in [1.82, 2.24) is 9.21 Å². The van der Waals surface area contributed by atoms with Gasteiger partial charge in [-0.1, -0.05) is 26.2 Å². The van der Waals surface area contributed by atoms with Gasteiger partial charge < -0.3 is 10.2 Å². The van der Waals surface area contributed by atoms with Crippen LogP contribution >= 0.6 is 0 Å². The molecule has 0 atom stereocenters. The van der Waals surface area contributed by atoms with Crippen LogP contribution in [-0.2, 0) is 14.8 Å². The zero-order chi connectivity index (χ0) is 18.8. The van der Waals surface area contributed by atoms with Crippen molar-refractivity contribution in [3.05, 3.63) is 24.3 Å². The first-order chi connectivity index (χ1) is 12.4. The Balaban J connectivity index is 1.87. The highest BCUT2D eigenvalue weighted by atomic mass is 32.2. The number of hydrogen-bond acceptors (Lipinski definition) is 4. The highest BCUT2D eigenvalue weighted by Crippen LogP contribution is 2.39. The van der Waals surface area contributed by atoms with E-state index in [1.54, 1.807) is 35.5 Å². The van der Waals surface area contributed by atoms with Crippen LogP contribution in [0.25, 0.3) is 0 Å². The number of carbonyl (C=O) groups excluding carboxylic acids is 1. The van der Waals surface area contributed by atoms with Crippen LogP contribution < -0.4 is 5.32 Å². The third kappa shape index (κ3) is 3.80. The number of piperazine rings is 1. The average Bonchev–Trinajstić information content (AvgIpc) is 2.62. The maximum Gasteiger partial charge on any atom is 0.243 e. The summed E-state index contributed by atoms with van der Waals surface area (Å²) in [4.78, 5) is 14.1. The van der Waals surface area contributed by atoms with Gasteiger partial charge in [-0.05, 0) is 44.2 Å². The first-order valence-electron chi connectivity index (χ1n) is 9.49. The third-order valence-electron chi connectivity index (χ3n) is 5.61. The van der Waals surface area contributed by atoms with E-state index in [9.17, 15) is 13.2 Å². The molecule has 0 unspecified atom stereocenters. The molecule has 0 aromatic heterocycles. The number of anilines is 1. The summed E-state index contributed by atoms with van der Waals surface area (Å²) in [6.45, 7) is 3.88. The molecule has 1 saturated carbocycles. The number of rotatable bonds is 4. The lowest BCUT2D eigenvalue weighted by molar-refractivity contribution is -0.115. The smallest absolute Gasteiger partial charge is 0.243 e. The summed E-state index contributed by atoms with van der Waals surface area (Å²) in [5.74, 6) is -0.0826. The molecule has 1 aliphatic heterocycles. The van der Waals surface area contributed by atoms with Crippen LogP contribution in [0, 0.1) is 0 Å². The summed E-state index contributed by atoms with van der Waals surface area (Å²) in [7, 11) is -1.48. The molecule has 2 aliphatic rings. The largest absolute Gasteiger partial charge is 0.326 e. The molecule has 1 aromatic carbocycles. The predicted octanol–water partition coefficient (Wildman–Crippen LogP) is 2.67. The molecule has 2 fully saturated rings. The maximum atomic E-state index is 13.4. The van der Waals surface area contributed by atoms with Crippen molar-refractivity contribution in [1.29, 1.82) is 0 Å². The molecule has 7 heteroatoms. The van der Waals surface area contributed by atoms with Crippen molar-refractivity contribution >= 4 is 21.6 Å². The van der Waals surface area contributed by atoms with Crippen molar-refractivity contribution in [3.8, 4) is 0 Å². The molecular formula is C19H29N3O3S. The van der Waals surface area contributed by atoms with Crippen LogP contribution in [0.15, 0.2) is 29.2 Å². The van der Waals surface area contributed by atoms with E-state index in [2.05, 4.69) is 17.3 Å².